The van der Waals surface area contributed by atoms with E-state index < -0.39 is 5.82 Å². The van der Waals surface area contributed by atoms with Crippen molar-refractivity contribution in [3.63, 3.8) is 0 Å². The summed E-state index contributed by atoms with van der Waals surface area (Å²) in [6.45, 7) is 1.34. The van der Waals surface area contributed by atoms with Crippen molar-refractivity contribution >= 4 is 11.6 Å². The van der Waals surface area contributed by atoms with Gasteiger partial charge in [0.05, 0.1) is 18.2 Å². The molecule has 0 radical (unpaired) electrons. The van der Waals surface area contributed by atoms with Crippen LogP contribution in [0.25, 0.3) is 0 Å². The monoisotopic (exact) mass is 256 g/mol. The molecule has 0 spiro atoms. The summed E-state index contributed by atoms with van der Waals surface area (Å²) in [6.07, 6.45) is 2.00. The van der Waals surface area contributed by atoms with E-state index in [9.17, 15) is 9.50 Å². The van der Waals surface area contributed by atoms with Crippen molar-refractivity contribution in [1.82, 2.24) is 0 Å². The summed E-state index contributed by atoms with van der Waals surface area (Å²) in [7, 11) is 0. The minimum atomic E-state index is -0.403. The average molecular weight is 257 g/mol. The molecule has 0 bridgehead atoms. The van der Waals surface area contributed by atoms with Crippen LogP contribution in [-0.4, -0.2) is 24.9 Å². The fraction of sp³-hybridized carbons (Fsp3) is 0.538. The Labute approximate surface area is 104 Å². The van der Waals surface area contributed by atoms with Gasteiger partial charge in [0.1, 0.15) is 5.82 Å². The van der Waals surface area contributed by atoms with Crippen LogP contribution in [0.15, 0.2) is 18.2 Å². The van der Waals surface area contributed by atoms with E-state index in [4.69, 9.17) is 16.3 Å². The summed E-state index contributed by atoms with van der Waals surface area (Å²) in [5, 5.41) is 9.72. The third-order valence-electron chi connectivity index (χ3n) is 4.34. The van der Waals surface area contributed by atoms with Gasteiger partial charge in [-0.1, -0.05) is 17.7 Å². The van der Waals surface area contributed by atoms with E-state index in [-0.39, 0.29) is 22.5 Å². The Morgan fingerprint density at radius 2 is 2.06 bits per heavy atom. The molecule has 1 aliphatic carbocycles. The van der Waals surface area contributed by atoms with Crippen LogP contribution >= 0.6 is 11.6 Å². The maximum atomic E-state index is 13.2. The summed E-state index contributed by atoms with van der Waals surface area (Å²) >= 11 is 5.84. The van der Waals surface area contributed by atoms with E-state index in [0.717, 1.165) is 18.4 Å². The summed E-state index contributed by atoms with van der Waals surface area (Å²) in [6, 6.07) is 4.83. The molecule has 17 heavy (non-hydrogen) atoms. The lowest BCUT2D eigenvalue weighted by Gasteiger charge is -2.48. The molecule has 0 unspecified atom stereocenters. The summed E-state index contributed by atoms with van der Waals surface area (Å²) in [5.74, 6) is -0.403. The first-order chi connectivity index (χ1) is 8.13. The Hall–Kier alpha value is -0.640. The number of aliphatic hydroxyl groups excluding tert-OH is 1. The fourth-order valence-electron chi connectivity index (χ4n) is 2.82. The molecule has 1 heterocycles. The molecule has 4 heteroatoms. The van der Waals surface area contributed by atoms with Crippen LogP contribution in [0.5, 0.6) is 0 Å². The second-order valence-electron chi connectivity index (χ2n) is 5.14. The van der Waals surface area contributed by atoms with Crippen molar-refractivity contribution in [1.29, 1.82) is 0 Å². The first-order valence-corrected chi connectivity index (χ1v) is 6.16. The molecule has 3 rings (SSSR count). The number of hydrogen-bond acceptors (Lipinski definition) is 2. The Balaban J connectivity index is 2.03. The van der Waals surface area contributed by atoms with Crippen molar-refractivity contribution in [3.05, 3.63) is 34.6 Å². The van der Waals surface area contributed by atoms with Crippen LogP contribution in [0.2, 0.25) is 5.02 Å². The van der Waals surface area contributed by atoms with E-state index >= 15 is 0 Å². The van der Waals surface area contributed by atoms with Gasteiger partial charge in [0.2, 0.25) is 0 Å². The molecule has 1 aromatic rings. The van der Waals surface area contributed by atoms with Gasteiger partial charge in [-0.3, -0.25) is 0 Å². The Bertz CT molecular complexity index is 453. The zero-order valence-corrected chi connectivity index (χ0v) is 10.1. The van der Waals surface area contributed by atoms with Crippen LogP contribution in [0.3, 0.4) is 0 Å². The molecule has 2 aliphatic rings. The maximum absolute atomic E-state index is 13.2. The van der Waals surface area contributed by atoms with Crippen LogP contribution in [0, 0.1) is 11.2 Å². The lowest BCUT2D eigenvalue weighted by molar-refractivity contribution is -0.110. The molecule has 1 saturated heterocycles. The predicted octanol–water partition coefficient (Wildman–Crippen LogP) is 2.52. The number of halogens is 2. The van der Waals surface area contributed by atoms with E-state index in [0.29, 0.717) is 13.2 Å². The van der Waals surface area contributed by atoms with Gasteiger partial charge in [-0.05, 0) is 30.5 Å². The predicted molar refractivity (Wildman–Crippen MR) is 62.7 cm³/mol. The topological polar surface area (TPSA) is 29.5 Å². The average Bonchev–Trinajstić information content (AvgIpc) is 3.03. The van der Waals surface area contributed by atoms with Gasteiger partial charge in [-0.2, -0.15) is 0 Å². The van der Waals surface area contributed by atoms with Crippen LogP contribution < -0.4 is 0 Å². The minimum Gasteiger partial charge on any atom is -0.396 e. The molecule has 0 atom stereocenters. The van der Waals surface area contributed by atoms with Crippen molar-refractivity contribution in [2.75, 3.05) is 19.8 Å². The van der Waals surface area contributed by atoms with Gasteiger partial charge < -0.3 is 9.84 Å². The molecular weight excluding hydrogens is 243 g/mol. The van der Waals surface area contributed by atoms with Gasteiger partial charge in [0.15, 0.2) is 0 Å². The SMILES string of the molecule is OCC1(C2(c3ccc(F)c(Cl)c3)COC2)CC1. The smallest absolute Gasteiger partial charge is 0.141 e. The number of rotatable bonds is 3. The van der Waals surface area contributed by atoms with E-state index in [1.807, 2.05) is 0 Å². The normalized spacial score (nSPS) is 24.2. The number of hydrogen-bond donors (Lipinski definition) is 1. The van der Waals surface area contributed by atoms with Gasteiger partial charge >= 0.3 is 0 Å². The quantitative estimate of drug-likeness (QED) is 0.901. The van der Waals surface area contributed by atoms with Crippen molar-refractivity contribution in [2.24, 2.45) is 5.41 Å². The molecular formula is C13H14ClFO2. The fourth-order valence-corrected chi connectivity index (χ4v) is 3.00. The van der Waals surface area contributed by atoms with E-state index in [1.165, 1.54) is 6.07 Å². The largest absolute Gasteiger partial charge is 0.396 e. The van der Waals surface area contributed by atoms with E-state index in [2.05, 4.69) is 0 Å². The molecule has 2 fully saturated rings. The van der Waals surface area contributed by atoms with Crippen molar-refractivity contribution < 1.29 is 14.2 Å². The second-order valence-corrected chi connectivity index (χ2v) is 5.55. The first-order valence-electron chi connectivity index (χ1n) is 5.78. The molecule has 0 aromatic heterocycles. The molecule has 0 amide bonds. The Kier molecular flexibility index (Phi) is 2.47. The van der Waals surface area contributed by atoms with Gasteiger partial charge in [0, 0.05) is 17.4 Å². The summed E-state index contributed by atoms with van der Waals surface area (Å²) in [5.41, 5.74) is 0.743. The molecule has 1 saturated carbocycles. The molecule has 1 aliphatic heterocycles. The van der Waals surface area contributed by atoms with Gasteiger partial charge in [0.25, 0.3) is 0 Å². The number of aliphatic hydroxyl groups is 1. The summed E-state index contributed by atoms with van der Waals surface area (Å²) < 4.78 is 18.5. The Morgan fingerprint density at radius 1 is 1.35 bits per heavy atom. The summed E-state index contributed by atoms with van der Waals surface area (Å²) in [4.78, 5) is 0. The lowest BCUT2D eigenvalue weighted by Crippen LogP contribution is -2.55. The standard InChI is InChI=1S/C13H14ClFO2/c14-10-5-9(1-2-11(10)15)13(7-17-8-13)12(6-16)3-4-12/h1-2,5,16H,3-4,6-8H2. The Morgan fingerprint density at radius 3 is 2.47 bits per heavy atom. The lowest BCUT2D eigenvalue weighted by atomic mass is 9.66. The number of ether oxygens (including phenoxy) is 1. The van der Waals surface area contributed by atoms with Crippen molar-refractivity contribution in [3.8, 4) is 0 Å². The minimum absolute atomic E-state index is 0.0770. The second kappa shape index (κ2) is 3.67. The highest BCUT2D eigenvalue weighted by Gasteiger charge is 2.63. The zero-order valence-electron chi connectivity index (χ0n) is 9.38. The first kappa shape index (κ1) is 11.5. The maximum Gasteiger partial charge on any atom is 0.141 e. The van der Waals surface area contributed by atoms with E-state index in [1.54, 1.807) is 12.1 Å². The third kappa shape index (κ3) is 1.46. The molecule has 1 N–H and O–H groups in total. The zero-order chi connectivity index (χ0) is 12.1. The van der Waals surface area contributed by atoms with Crippen LogP contribution in [0.1, 0.15) is 18.4 Å². The highest BCUT2D eigenvalue weighted by molar-refractivity contribution is 6.30. The van der Waals surface area contributed by atoms with Gasteiger partial charge in [-0.15, -0.1) is 0 Å². The van der Waals surface area contributed by atoms with Gasteiger partial charge in [-0.25, -0.2) is 4.39 Å². The number of benzene rings is 1. The molecule has 2 nitrogen and oxygen atoms in total. The van der Waals surface area contributed by atoms with Crippen LogP contribution in [0.4, 0.5) is 4.39 Å². The molecule has 92 valence electrons. The highest BCUT2D eigenvalue weighted by Crippen LogP contribution is 2.62. The van der Waals surface area contributed by atoms with Crippen LogP contribution in [-0.2, 0) is 10.2 Å². The highest BCUT2D eigenvalue weighted by atomic mass is 35.5. The third-order valence-corrected chi connectivity index (χ3v) is 4.63. The van der Waals surface area contributed by atoms with Crippen molar-refractivity contribution in [2.45, 2.75) is 18.3 Å². The molecule has 1 aromatic carbocycles.